The standard InChI is InChI=1S/C21H25N3O3S/c1-13(11-25-4)22-21-23-18(12-28-21)17-9-14(2)24(15(17)3)16-5-6-19-20(10-16)27-8-7-26-19/h5-6,9-10,12-13H,7-8,11H2,1-4H3,(H,22,23). The quantitative estimate of drug-likeness (QED) is 0.664. The highest BCUT2D eigenvalue weighted by molar-refractivity contribution is 7.14. The molecular weight excluding hydrogens is 374 g/mol. The summed E-state index contributed by atoms with van der Waals surface area (Å²) < 4.78 is 18.8. The minimum atomic E-state index is 0.217. The summed E-state index contributed by atoms with van der Waals surface area (Å²) in [7, 11) is 1.71. The van der Waals surface area contributed by atoms with Gasteiger partial charge in [-0.3, -0.25) is 0 Å². The number of hydrogen-bond acceptors (Lipinski definition) is 6. The van der Waals surface area contributed by atoms with Gasteiger partial charge in [0.25, 0.3) is 0 Å². The Bertz CT molecular complexity index is 979. The van der Waals surface area contributed by atoms with E-state index in [0.717, 1.165) is 45.0 Å². The van der Waals surface area contributed by atoms with Crippen molar-refractivity contribution >= 4 is 16.5 Å². The predicted molar refractivity (Wildman–Crippen MR) is 112 cm³/mol. The van der Waals surface area contributed by atoms with Crippen LogP contribution in [0.3, 0.4) is 0 Å². The van der Waals surface area contributed by atoms with Crippen LogP contribution in [0, 0.1) is 13.8 Å². The number of thiazole rings is 1. The van der Waals surface area contributed by atoms with E-state index in [2.05, 4.69) is 48.2 Å². The molecule has 0 bridgehead atoms. The summed E-state index contributed by atoms with van der Waals surface area (Å²) >= 11 is 1.61. The SMILES string of the molecule is COCC(C)Nc1nc(-c2cc(C)n(-c3ccc4c(c3)OCCO4)c2C)cs1. The maximum atomic E-state index is 5.75. The van der Waals surface area contributed by atoms with Crippen LogP contribution >= 0.6 is 11.3 Å². The van der Waals surface area contributed by atoms with Gasteiger partial charge in [0.1, 0.15) is 13.2 Å². The molecule has 0 aliphatic carbocycles. The van der Waals surface area contributed by atoms with E-state index in [-0.39, 0.29) is 6.04 Å². The van der Waals surface area contributed by atoms with Crippen LogP contribution in [0.4, 0.5) is 5.13 Å². The Kier molecular flexibility index (Phi) is 5.28. The average molecular weight is 400 g/mol. The summed E-state index contributed by atoms with van der Waals surface area (Å²) in [6.07, 6.45) is 0. The van der Waals surface area contributed by atoms with Gasteiger partial charge >= 0.3 is 0 Å². The zero-order chi connectivity index (χ0) is 19.7. The molecule has 3 heterocycles. The molecule has 148 valence electrons. The second kappa shape index (κ2) is 7.85. The topological polar surface area (TPSA) is 57.5 Å². The Morgan fingerprint density at radius 2 is 2.00 bits per heavy atom. The first-order valence-corrected chi connectivity index (χ1v) is 10.2. The van der Waals surface area contributed by atoms with Gasteiger partial charge in [-0.1, -0.05) is 0 Å². The number of aryl methyl sites for hydroxylation is 1. The van der Waals surface area contributed by atoms with E-state index in [1.807, 2.05) is 12.1 Å². The van der Waals surface area contributed by atoms with Gasteiger partial charge in [-0.15, -0.1) is 11.3 Å². The molecule has 1 N–H and O–H groups in total. The van der Waals surface area contributed by atoms with Crippen molar-refractivity contribution < 1.29 is 14.2 Å². The van der Waals surface area contributed by atoms with Crippen molar-refractivity contribution in [3.05, 3.63) is 41.0 Å². The lowest BCUT2D eigenvalue weighted by Gasteiger charge is -2.20. The number of anilines is 1. The number of fused-ring (bicyclic) bond motifs is 1. The van der Waals surface area contributed by atoms with Gasteiger partial charge in [0, 0.05) is 47.2 Å². The number of nitrogens with one attached hydrogen (secondary N) is 1. The molecule has 1 unspecified atom stereocenters. The molecular formula is C21H25N3O3S. The fourth-order valence-corrected chi connectivity index (χ4v) is 4.38. The summed E-state index contributed by atoms with van der Waals surface area (Å²) in [4.78, 5) is 4.78. The molecule has 0 amide bonds. The molecule has 28 heavy (non-hydrogen) atoms. The van der Waals surface area contributed by atoms with E-state index < -0.39 is 0 Å². The van der Waals surface area contributed by atoms with Gasteiger partial charge in [0.05, 0.1) is 12.3 Å². The lowest BCUT2D eigenvalue weighted by molar-refractivity contribution is 0.171. The minimum Gasteiger partial charge on any atom is -0.486 e. The van der Waals surface area contributed by atoms with E-state index in [1.165, 1.54) is 0 Å². The second-order valence-corrected chi connectivity index (χ2v) is 7.84. The largest absolute Gasteiger partial charge is 0.486 e. The fourth-order valence-electron chi connectivity index (χ4n) is 3.56. The van der Waals surface area contributed by atoms with E-state index in [0.29, 0.717) is 19.8 Å². The lowest BCUT2D eigenvalue weighted by atomic mass is 10.2. The first-order chi connectivity index (χ1) is 13.6. The molecule has 2 aromatic heterocycles. The van der Waals surface area contributed by atoms with Crippen LogP contribution in [0.25, 0.3) is 16.9 Å². The van der Waals surface area contributed by atoms with E-state index in [4.69, 9.17) is 19.2 Å². The smallest absolute Gasteiger partial charge is 0.183 e. The molecule has 1 aromatic carbocycles. The van der Waals surface area contributed by atoms with Crippen molar-refractivity contribution in [1.82, 2.24) is 9.55 Å². The van der Waals surface area contributed by atoms with Gasteiger partial charge in [0.2, 0.25) is 0 Å². The number of ether oxygens (including phenoxy) is 3. The second-order valence-electron chi connectivity index (χ2n) is 6.99. The zero-order valence-corrected chi connectivity index (χ0v) is 17.4. The Hall–Kier alpha value is -2.51. The number of aromatic nitrogens is 2. The van der Waals surface area contributed by atoms with Gasteiger partial charge in [-0.2, -0.15) is 0 Å². The van der Waals surface area contributed by atoms with E-state index >= 15 is 0 Å². The van der Waals surface area contributed by atoms with Crippen molar-refractivity contribution in [2.75, 3.05) is 32.2 Å². The summed E-state index contributed by atoms with van der Waals surface area (Å²) in [5, 5.41) is 6.39. The first kappa shape index (κ1) is 18.8. The number of benzene rings is 1. The normalized spacial score (nSPS) is 14.1. The third kappa shape index (κ3) is 3.59. The average Bonchev–Trinajstić information content (AvgIpc) is 3.25. The highest BCUT2D eigenvalue weighted by Gasteiger charge is 2.18. The summed E-state index contributed by atoms with van der Waals surface area (Å²) in [5.41, 5.74) is 5.48. The van der Waals surface area contributed by atoms with Crippen molar-refractivity contribution in [3.8, 4) is 28.4 Å². The molecule has 1 aliphatic heterocycles. The molecule has 6 nitrogen and oxygen atoms in total. The molecule has 0 radical (unpaired) electrons. The molecule has 4 rings (SSSR count). The maximum Gasteiger partial charge on any atom is 0.183 e. The van der Waals surface area contributed by atoms with Crippen LogP contribution < -0.4 is 14.8 Å². The van der Waals surface area contributed by atoms with Crippen LogP contribution in [0.15, 0.2) is 29.6 Å². The third-order valence-electron chi connectivity index (χ3n) is 4.78. The highest BCUT2D eigenvalue weighted by atomic mass is 32.1. The third-order valence-corrected chi connectivity index (χ3v) is 5.56. The van der Waals surface area contributed by atoms with Gasteiger partial charge in [-0.25, -0.2) is 4.98 Å². The number of rotatable bonds is 6. The van der Waals surface area contributed by atoms with Crippen molar-refractivity contribution in [2.24, 2.45) is 0 Å². The van der Waals surface area contributed by atoms with Crippen LogP contribution in [-0.4, -0.2) is 42.5 Å². The van der Waals surface area contributed by atoms with Crippen molar-refractivity contribution in [2.45, 2.75) is 26.8 Å². The Balaban J connectivity index is 1.64. The number of methoxy groups -OCH3 is 1. The van der Waals surface area contributed by atoms with E-state index in [1.54, 1.807) is 18.4 Å². The number of nitrogens with zero attached hydrogens (tertiary/aromatic N) is 2. The van der Waals surface area contributed by atoms with Crippen LogP contribution in [0.1, 0.15) is 18.3 Å². The van der Waals surface area contributed by atoms with Gasteiger partial charge in [0.15, 0.2) is 16.6 Å². The van der Waals surface area contributed by atoms with Crippen LogP contribution in [-0.2, 0) is 4.74 Å². The zero-order valence-electron chi connectivity index (χ0n) is 16.6. The predicted octanol–water partition coefficient (Wildman–Crippen LogP) is 4.44. The maximum absolute atomic E-state index is 5.75. The van der Waals surface area contributed by atoms with E-state index in [9.17, 15) is 0 Å². The monoisotopic (exact) mass is 399 g/mol. The van der Waals surface area contributed by atoms with Crippen LogP contribution in [0.2, 0.25) is 0 Å². The molecule has 7 heteroatoms. The van der Waals surface area contributed by atoms with Gasteiger partial charge in [-0.05, 0) is 39.0 Å². The minimum absolute atomic E-state index is 0.217. The lowest BCUT2D eigenvalue weighted by Crippen LogP contribution is -2.20. The molecule has 1 atom stereocenters. The van der Waals surface area contributed by atoms with Crippen LogP contribution in [0.5, 0.6) is 11.5 Å². The Morgan fingerprint density at radius 3 is 2.79 bits per heavy atom. The first-order valence-electron chi connectivity index (χ1n) is 9.37. The Morgan fingerprint density at radius 1 is 1.21 bits per heavy atom. The fraction of sp³-hybridized carbons (Fsp3) is 0.381. The summed E-state index contributed by atoms with van der Waals surface area (Å²) in [6, 6.07) is 8.49. The Labute approximate surface area is 169 Å². The van der Waals surface area contributed by atoms with Gasteiger partial charge < -0.3 is 24.1 Å². The molecule has 1 aliphatic rings. The number of hydrogen-bond donors (Lipinski definition) is 1. The summed E-state index contributed by atoms with van der Waals surface area (Å²) in [6.45, 7) is 8.15. The molecule has 0 fully saturated rings. The molecule has 0 saturated carbocycles. The summed E-state index contributed by atoms with van der Waals surface area (Å²) in [5.74, 6) is 1.60. The molecule has 0 saturated heterocycles. The molecule has 0 spiro atoms. The molecule has 3 aromatic rings. The highest BCUT2D eigenvalue weighted by Crippen LogP contribution is 2.36. The van der Waals surface area contributed by atoms with Crippen molar-refractivity contribution in [1.29, 1.82) is 0 Å². The van der Waals surface area contributed by atoms with Crippen molar-refractivity contribution in [3.63, 3.8) is 0 Å².